The first kappa shape index (κ1) is 15.2. The van der Waals surface area contributed by atoms with Crippen molar-refractivity contribution in [1.29, 1.82) is 0 Å². The minimum Gasteiger partial charge on any atom is -0.356 e. The van der Waals surface area contributed by atoms with Crippen LogP contribution in [0.25, 0.3) is 0 Å². The molecule has 100 valence electrons. The molecule has 1 aliphatic rings. The summed E-state index contributed by atoms with van der Waals surface area (Å²) in [5.74, 6) is 0. The molecule has 2 radical (unpaired) electrons. The summed E-state index contributed by atoms with van der Waals surface area (Å²) in [5, 5.41) is 0. The van der Waals surface area contributed by atoms with Crippen molar-refractivity contribution in [1.82, 2.24) is 4.57 Å². The van der Waals surface area contributed by atoms with Gasteiger partial charge in [-0.2, -0.15) is 0 Å². The Morgan fingerprint density at radius 3 is 2.35 bits per heavy atom. The van der Waals surface area contributed by atoms with Gasteiger partial charge in [0.05, 0.1) is 0 Å². The molecule has 1 saturated carbocycles. The second-order valence-electron chi connectivity index (χ2n) is 4.68. The van der Waals surface area contributed by atoms with E-state index in [0.29, 0.717) is 0 Å². The predicted octanol–water partition coefficient (Wildman–Crippen LogP) is 2.69. The first-order valence-electron chi connectivity index (χ1n) is 6.87. The molecule has 0 atom stereocenters. The van der Waals surface area contributed by atoms with E-state index in [-0.39, 0.29) is 6.29 Å². The SMILES string of the molecule is CCN([Si]CCC(OC)OC)C1CCCCC1. The first-order chi connectivity index (χ1) is 8.31. The smallest absolute Gasteiger partial charge is 0.156 e. The van der Waals surface area contributed by atoms with Gasteiger partial charge in [-0.25, -0.2) is 0 Å². The second kappa shape index (κ2) is 9.08. The Labute approximate surface area is 109 Å². The molecule has 0 aromatic rings. The summed E-state index contributed by atoms with van der Waals surface area (Å²) in [4.78, 5) is 0. The molecule has 1 aliphatic carbocycles. The largest absolute Gasteiger partial charge is 0.356 e. The van der Waals surface area contributed by atoms with E-state index in [0.717, 1.165) is 22.1 Å². The van der Waals surface area contributed by atoms with Crippen molar-refractivity contribution in [3.05, 3.63) is 0 Å². The standard InChI is InChI=1S/C13H27NO2Si/c1-4-14(12-8-6-5-7-9-12)17-11-10-13(15-2)16-3/h12-13H,4-11H2,1-3H3. The zero-order valence-electron chi connectivity index (χ0n) is 11.6. The number of nitrogens with zero attached hydrogens (tertiary/aromatic N) is 1. The summed E-state index contributed by atoms with van der Waals surface area (Å²) in [6, 6.07) is 2.03. The van der Waals surface area contributed by atoms with Crippen LogP contribution in [0.5, 0.6) is 0 Å². The fourth-order valence-corrected chi connectivity index (χ4v) is 3.94. The van der Waals surface area contributed by atoms with E-state index in [9.17, 15) is 0 Å². The van der Waals surface area contributed by atoms with Gasteiger partial charge in [-0.15, -0.1) is 0 Å². The third-order valence-electron chi connectivity index (χ3n) is 3.58. The van der Waals surface area contributed by atoms with Gasteiger partial charge >= 0.3 is 0 Å². The molecule has 0 saturated heterocycles. The van der Waals surface area contributed by atoms with Gasteiger partial charge in [0, 0.05) is 20.3 Å². The van der Waals surface area contributed by atoms with E-state index in [2.05, 4.69) is 11.5 Å². The van der Waals surface area contributed by atoms with E-state index in [4.69, 9.17) is 9.47 Å². The van der Waals surface area contributed by atoms with Gasteiger partial charge in [-0.05, 0) is 31.9 Å². The molecule has 0 N–H and O–H groups in total. The summed E-state index contributed by atoms with van der Waals surface area (Å²) < 4.78 is 13.1. The third kappa shape index (κ3) is 5.51. The normalized spacial score (nSPS) is 18.2. The lowest BCUT2D eigenvalue weighted by Crippen LogP contribution is -2.39. The average molecular weight is 257 g/mol. The zero-order valence-corrected chi connectivity index (χ0v) is 12.6. The van der Waals surface area contributed by atoms with Crippen molar-refractivity contribution in [3.8, 4) is 0 Å². The van der Waals surface area contributed by atoms with Crippen LogP contribution in [0, 0.1) is 0 Å². The minimum atomic E-state index is -0.0208. The highest BCUT2D eigenvalue weighted by atomic mass is 28.2. The molecule has 1 rings (SSSR count). The van der Waals surface area contributed by atoms with Crippen LogP contribution in [0.2, 0.25) is 6.04 Å². The molecule has 0 heterocycles. The van der Waals surface area contributed by atoms with Crippen LogP contribution < -0.4 is 0 Å². The van der Waals surface area contributed by atoms with Crippen LogP contribution in [0.3, 0.4) is 0 Å². The Hall–Kier alpha value is 0.0969. The van der Waals surface area contributed by atoms with Gasteiger partial charge in [-0.1, -0.05) is 26.2 Å². The van der Waals surface area contributed by atoms with Gasteiger partial charge in [0.1, 0.15) is 9.68 Å². The molecule has 4 heteroatoms. The summed E-state index contributed by atoms with van der Waals surface area (Å²) in [6.07, 6.45) is 8.07. The lowest BCUT2D eigenvalue weighted by molar-refractivity contribution is -0.103. The van der Waals surface area contributed by atoms with Crippen molar-refractivity contribution in [2.24, 2.45) is 0 Å². The number of methoxy groups -OCH3 is 2. The summed E-state index contributed by atoms with van der Waals surface area (Å²) in [5.41, 5.74) is 0. The maximum absolute atomic E-state index is 5.22. The highest BCUT2D eigenvalue weighted by molar-refractivity contribution is 6.32. The second-order valence-corrected chi connectivity index (χ2v) is 6.07. The molecule has 0 spiro atoms. The Bertz CT molecular complexity index is 182. The van der Waals surface area contributed by atoms with Crippen LogP contribution >= 0.6 is 0 Å². The number of rotatable bonds is 8. The molecule has 0 unspecified atom stereocenters. The minimum absolute atomic E-state index is 0.0208. The molecular weight excluding hydrogens is 230 g/mol. The summed E-state index contributed by atoms with van der Waals surface area (Å²) >= 11 is 0. The predicted molar refractivity (Wildman–Crippen MR) is 72.2 cm³/mol. The molecule has 3 nitrogen and oxygen atoms in total. The average Bonchev–Trinajstić information content (AvgIpc) is 2.40. The van der Waals surface area contributed by atoms with Crippen molar-refractivity contribution in [2.45, 2.75) is 63.8 Å². The summed E-state index contributed by atoms with van der Waals surface area (Å²) in [7, 11) is 4.36. The molecule has 0 aromatic carbocycles. The van der Waals surface area contributed by atoms with Gasteiger partial charge in [0.2, 0.25) is 0 Å². The maximum atomic E-state index is 5.22. The van der Waals surface area contributed by atoms with Crippen molar-refractivity contribution < 1.29 is 9.47 Å². The molecule has 17 heavy (non-hydrogen) atoms. The molecule has 1 fully saturated rings. The van der Waals surface area contributed by atoms with E-state index < -0.39 is 0 Å². The van der Waals surface area contributed by atoms with E-state index in [1.54, 1.807) is 14.2 Å². The topological polar surface area (TPSA) is 21.7 Å². The summed E-state index contributed by atoms with van der Waals surface area (Å²) in [6.45, 7) is 3.47. The fraction of sp³-hybridized carbons (Fsp3) is 1.00. The molecular formula is C13H27NO2Si. The van der Waals surface area contributed by atoms with Gasteiger partial charge in [0.25, 0.3) is 0 Å². The number of ether oxygens (including phenoxy) is 2. The highest BCUT2D eigenvalue weighted by Gasteiger charge is 2.20. The molecule has 0 amide bonds. The number of hydrogen-bond donors (Lipinski definition) is 0. The Morgan fingerprint density at radius 1 is 1.18 bits per heavy atom. The van der Waals surface area contributed by atoms with Crippen LogP contribution in [0.4, 0.5) is 0 Å². The lowest BCUT2D eigenvalue weighted by Gasteiger charge is -2.33. The van der Waals surface area contributed by atoms with Gasteiger partial charge < -0.3 is 14.0 Å². The van der Waals surface area contributed by atoms with Crippen LogP contribution in [0.1, 0.15) is 45.4 Å². The molecule has 0 bridgehead atoms. The van der Waals surface area contributed by atoms with E-state index in [1.165, 1.54) is 44.7 Å². The third-order valence-corrected chi connectivity index (χ3v) is 5.18. The maximum Gasteiger partial charge on any atom is 0.156 e. The quantitative estimate of drug-likeness (QED) is 0.493. The van der Waals surface area contributed by atoms with Crippen molar-refractivity contribution in [2.75, 3.05) is 20.8 Å². The van der Waals surface area contributed by atoms with Crippen LogP contribution in [-0.2, 0) is 9.47 Å². The highest BCUT2D eigenvalue weighted by Crippen LogP contribution is 2.22. The fourth-order valence-electron chi connectivity index (χ4n) is 2.55. The molecule has 0 aliphatic heterocycles. The zero-order chi connectivity index (χ0) is 12.5. The Morgan fingerprint density at radius 2 is 1.82 bits per heavy atom. The van der Waals surface area contributed by atoms with Crippen LogP contribution in [0.15, 0.2) is 0 Å². The molecule has 0 aromatic heterocycles. The van der Waals surface area contributed by atoms with Gasteiger partial charge in [0.15, 0.2) is 6.29 Å². The number of hydrogen-bond acceptors (Lipinski definition) is 3. The van der Waals surface area contributed by atoms with Crippen molar-refractivity contribution >= 4 is 9.68 Å². The van der Waals surface area contributed by atoms with Crippen molar-refractivity contribution in [3.63, 3.8) is 0 Å². The van der Waals surface area contributed by atoms with Gasteiger partial charge in [-0.3, -0.25) is 0 Å². The first-order valence-corrected chi connectivity index (χ1v) is 8.03. The van der Waals surface area contributed by atoms with Crippen LogP contribution in [-0.4, -0.2) is 47.3 Å². The Kier molecular flexibility index (Phi) is 8.10. The Balaban J connectivity index is 2.21. The van der Waals surface area contributed by atoms with E-state index >= 15 is 0 Å². The lowest BCUT2D eigenvalue weighted by atomic mass is 9.95. The van der Waals surface area contributed by atoms with E-state index in [1.807, 2.05) is 0 Å². The monoisotopic (exact) mass is 257 g/mol.